The molecule has 9 nitrogen and oxygen atoms in total. The highest BCUT2D eigenvalue weighted by Gasteiger charge is 2.38. The van der Waals surface area contributed by atoms with Crippen LogP contribution in [-0.4, -0.2) is 55.6 Å². The summed E-state index contributed by atoms with van der Waals surface area (Å²) in [7, 11) is -3.69. The second-order valence-electron chi connectivity index (χ2n) is 7.15. The Morgan fingerprint density at radius 3 is 2.32 bits per heavy atom. The summed E-state index contributed by atoms with van der Waals surface area (Å²) >= 11 is 0. The molecule has 0 aliphatic carbocycles. The van der Waals surface area contributed by atoms with E-state index >= 15 is 0 Å². The molecule has 0 aromatic heterocycles. The number of benzene rings is 2. The van der Waals surface area contributed by atoms with Crippen LogP contribution in [0, 0.1) is 0 Å². The van der Waals surface area contributed by atoms with E-state index in [1.807, 2.05) is 30.3 Å². The molecule has 2 aromatic rings. The Hall–Kier alpha value is -3.40. The molecule has 2 aromatic carbocycles. The lowest BCUT2D eigenvalue weighted by Gasteiger charge is -2.13. The number of unbranched alkanes of at least 4 members (excludes halogenated alkanes) is 1. The van der Waals surface area contributed by atoms with Gasteiger partial charge in [0.1, 0.15) is 12.3 Å². The van der Waals surface area contributed by atoms with Crippen LogP contribution in [-0.2, 0) is 21.2 Å². The number of carboxylic acid groups (broad SMARTS) is 1. The first-order chi connectivity index (χ1) is 14.7. The Labute approximate surface area is 179 Å². The second kappa shape index (κ2) is 9.17. The fourth-order valence-corrected chi connectivity index (χ4v) is 3.81. The molecule has 1 heterocycles. The van der Waals surface area contributed by atoms with Crippen molar-refractivity contribution in [2.75, 3.05) is 24.1 Å². The highest BCUT2D eigenvalue weighted by Crippen LogP contribution is 2.34. The molecule has 0 bridgehead atoms. The molecule has 1 aliphatic rings. The summed E-state index contributed by atoms with van der Waals surface area (Å²) in [4.78, 5) is 36.5. The van der Waals surface area contributed by atoms with Crippen LogP contribution < -0.4 is 9.46 Å². The number of nitrogens with zero attached hydrogens (tertiary/aromatic N) is 1. The quantitative estimate of drug-likeness (QED) is 0.422. The van der Waals surface area contributed by atoms with Gasteiger partial charge in [-0.3, -0.25) is 24.0 Å². The average molecular weight is 446 g/mol. The van der Waals surface area contributed by atoms with Crippen LogP contribution in [0.1, 0.15) is 39.1 Å². The van der Waals surface area contributed by atoms with Gasteiger partial charge in [0.25, 0.3) is 11.8 Å². The molecule has 0 atom stereocenters. The number of anilines is 1. The van der Waals surface area contributed by atoms with E-state index in [0.717, 1.165) is 19.1 Å². The normalized spacial score (nSPS) is 13.3. The van der Waals surface area contributed by atoms with Gasteiger partial charge in [0.15, 0.2) is 0 Å². The number of carbonyl (C=O) groups excluding carboxylic acids is 2. The lowest BCUT2D eigenvalue weighted by molar-refractivity contribution is -0.137. The number of aliphatic carboxylic acids is 1. The van der Waals surface area contributed by atoms with Gasteiger partial charge in [-0.05, 0) is 37.0 Å². The highest BCUT2D eigenvalue weighted by molar-refractivity contribution is 7.92. The summed E-state index contributed by atoms with van der Waals surface area (Å²) in [6.45, 7) is -0.512. The third kappa shape index (κ3) is 5.60. The number of sulfonamides is 1. The molecule has 1 aliphatic heterocycles. The molecule has 0 radical (unpaired) electrons. The average Bonchev–Trinajstić information content (AvgIpc) is 2.91. The van der Waals surface area contributed by atoms with E-state index in [1.165, 1.54) is 17.7 Å². The summed E-state index contributed by atoms with van der Waals surface area (Å²) in [5.74, 6) is -2.79. The van der Waals surface area contributed by atoms with Crippen molar-refractivity contribution in [3.8, 4) is 5.75 Å². The van der Waals surface area contributed by atoms with Gasteiger partial charge < -0.3 is 9.84 Å². The number of carbonyl (C=O) groups is 3. The topological polar surface area (TPSA) is 130 Å². The van der Waals surface area contributed by atoms with Crippen molar-refractivity contribution in [2.24, 2.45) is 0 Å². The molecule has 0 saturated heterocycles. The lowest BCUT2D eigenvalue weighted by atomic mass is 10.1. The maximum Gasteiger partial charge on any atom is 0.323 e. The molecule has 31 heavy (non-hydrogen) atoms. The van der Waals surface area contributed by atoms with E-state index in [4.69, 9.17) is 9.84 Å². The van der Waals surface area contributed by atoms with Gasteiger partial charge in [0.05, 0.1) is 29.7 Å². The molecule has 0 spiro atoms. The van der Waals surface area contributed by atoms with E-state index in [1.54, 1.807) is 0 Å². The van der Waals surface area contributed by atoms with E-state index in [0.29, 0.717) is 11.3 Å². The minimum atomic E-state index is -3.69. The number of amides is 2. The molecular formula is C21H22N2O7S. The van der Waals surface area contributed by atoms with Gasteiger partial charge in [-0.15, -0.1) is 0 Å². The molecule has 2 N–H and O–H groups in total. The van der Waals surface area contributed by atoms with Gasteiger partial charge in [-0.25, -0.2) is 8.42 Å². The number of hydrogen-bond donors (Lipinski definition) is 2. The van der Waals surface area contributed by atoms with Gasteiger partial charge >= 0.3 is 5.97 Å². The zero-order chi connectivity index (χ0) is 22.6. The van der Waals surface area contributed by atoms with Crippen LogP contribution in [0.2, 0.25) is 0 Å². The van der Waals surface area contributed by atoms with Crippen LogP contribution in [0.4, 0.5) is 5.69 Å². The summed E-state index contributed by atoms with van der Waals surface area (Å²) < 4.78 is 31.5. The number of aryl methyl sites for hydroxylation is 1. The first kappa shape index (κ1) is 22.3. The van der Waals surface area contributed by atoms with E-state index in [9.17, 15) is 22.8 Å². The van der Waals surface area contributed by atoms with Gasteiger partial charge in [-0.2, -0.15) is 0 Å². The summed E-state index contributed by atoms with van der Waals surface area (Å²) in [5, 5.41) is 8.94. The monoisotopic (exact) mass is 446 g/mol. The third-order valence-electron chi connectivity index (χ3n) is 4.62. The Morgan fingerprint density at radius 2 is 1.71 bits per heavy atom. The molecule has 2 amide bonds. The molecule has 0 fully saturated rings. The predicted molar refractivity (Wildman–Crippen MR) is 113 cm³/mol. The van der Waals surface area contributed by atoms with Crippen LogP contribution in [0.3, 0.4) is 0 Å². The fourth-order valence-electron chi connectivity index (χ4n) is 3.25. The molecule has 164 valence electrons. The lowest BCUT2D eigenvalue weighted by Crippen LogP contribution is -2.34. The zero-order valence-electron chi connectivity index (χ0n) is 16.8. The van der Waals surface area contributed by atoms with Crippen molar-refractivity contribution in [2.45, 2.75) is 19.3 Å². The number of fused-ring (bicyclic) bond motifs is 1. The molecular weight excluding hydrogens is 424 g/mol. The molecule has 10 heteroatoms. The van der Waals surface area contributed by atoms with E-state index < -0.39 is 34.4 Å². The SMILES string of the molecule is CS(=O)(=O)Nc1cc2c(cc1OCCCCc1ccccc1)C(=O)N(CC(=O)O)C2=O. The van der Waals surface area contributed by atoms with Crippen LogP contribution in [0.15, 0.2) is 42.5 Å². The summed E-state index contributed by atoms with van der Waals surface area (Å²) in [6.07, 6.45) is 3.34. The van der Waals surface area contributed by atoms with Crippen molar-refractivity contribution in [3.05, 3.63) is 59.2 Å². The van der Waals surface area contributed by atoms with Crippen molar-refractivity contribution in [1.82, 2.24) is 4.90 Å². The fraction of sp³-hybridized carbons (Fsp3) is 0.286. The van der Waals surface area contributed by atoms with Gasteiger partial charge in [0, 0.05) is 0 Å². The zero-order valence-corrected chi connectivity index (χ0v) is 17.6. The van der Waals surface area contributed by atoms with Crippen molar-refractivity contribution in [3.63, 3.8) is 0 Å². The Morgan fingerprint density at radius 1 is 1.06 bits per heavy atom. The maximum absolute atomic E-state index is 12.5. The molecule has 0 saturated carbocycles. The first-order valence-electron chi connectivity index (χ1n) is 9.56. The second-order valence-corrected chi connectivity index (χ2v) is 8.90. The van der Waals surface area contributed by atoms with Crippen molar-refractivity contribution < 1.29 is 32.6 Å². The number of nitrogens with one attached hydrogen (secondary N) is 1. The number of ether oxygens (including phenoxy) is 1. The minimum Gasteiger partial charge on any atom is -0.491 e. The Kier molecular flexibility index (Phi) is 6.59. The highest BCUT2D eigenvalue weighted by atomic mass is 32.2. The number of hydrogen-bond acceptors (Lipinski definition) is 6. The minimum absolute atomic E-state index is 0.0163. The largest absolute Gasteiger partial charge is 0.491 e. The van der Waals surface area contributed by atoms with Crippen molar-refractivity contribution in [1.29, 1.82) is 0 Å². The number of carboxylic acids is 1. The smallest absolute Gasteiger partial charge is 0.323 e. The molecule has 0 unspecified atom stereocenters. The van der Waals surface area contributed by atoms with Crippen LogP contribution >= 0.6 is 0 Å². The Bertz CT molecular complexity index is 1110. The van der Waals surface area contributed by atoms with E-state index in [2.05, 4.69) is 4.72 Å². The van der Waals surface area contributed by atoms with Crippen LogP contribution in [0.25, 0.3) is 0 Å². The predicted octanol–water partition coefficient (Wildman–Crippen LogP) is 2.14. The number of imide groups is 1. The standard InChI is InChI=1S/C21H22N2O7S/c1-31(28,29)22-17-11-15-16(21(27)23(20(15)26)13-19(24)25)12-18(17)30-10-6-5-9-14-7-3-2-4-8-14/h2-4,7-8,11-12,22H,5-6,9-10,13H2,1H3,(H,24,25). The van der Waals surface area contributed by atoms with Gasteiger partial charge in [0.2, 0.25) is 10.0 Å². The number of rotatable bonds is 10. The Balaban J connectivity index is 1.76. The van der Waals surface area contributed by atoms with Crippen molar-refractivity contribution >= 4 is 33.5 Å². The maximum atomic E-state index is 12.5. The molecule has 3 rings (SSSR count). The first-order valence-corrected chi connectivity index (χ1v) is 11.5. The summed E-state index contributed by atoms with van der Waals surface area (Å²) in [6, 6.07) is 12.4. The van der Waals surface area contributed by atoms with Gasteiger partial charge in [-0.1, -0.05) is 30.3 Å². The van der Waals surface area contributed by atoms with Crippen LogP contribution in [0.5, 0.6) is 5.75 Å². The third-order valence-corrected chi connectivity index (χ3v) is 5.21. The van der Waals surface area contributed by atoms with E-state index in [-0.39, 0.29) is 29.2 Å². The summed E-state index contributed by atoms with van der Waals surface area (Å²) in [5.41, 5.74) is 1.11.